The largest absolute Gasteiger partial charge is 0.416 e. The van der Waals surface area contributed by atoms with Gasteiger partial charge in [0.1, 0.15) is 12.4 Å². The molecule has 0 aliphatic heterocycles. The Hall–Kier alpha value is -4.14. The number of benzene rings is 3. The minimum Gasteiger partial charge on any atom is -0.352 e. The van der Waals surface area contributed by atoms with Crippen molar-refractivity contribution < 1.29 is 22.8 Å². The molecule has 9 heteroatoms. The third kappa shape index (κ3) is 5.87. The number of hydrogen-bond donors (Lipinski definition) is 2. The summed E-state index contributed by atoms with van der Waals surface area (Å²) < 4.78 is 40.7. The molecule has 0 spiro atoms. The van der Waals surface area contributed by atoms with Gasteiger partial charge in [0.2, 0.25) is 5.91 Å². The number of carbonyl (C=O) groups excluding carboxylic acids is 2. The van der Waals surface area contributed by atoms with Crippen molar-refractivity contribution in [2.24, 2.45) is 0 Å². The molecule has 0 bridgehead atoms. The maximum absolute atomic E-state index is 13.0. The van der Waals surface area contributed by atoms with Crippen molar-refractivity contribution in [2.75, 3.05) is 11.9 Å². The summed E-state index contributed by atoms with van der Waals surface area (Å²) in [5, 5.41) is 5.38. The predicted molar refractivity (Wildman–Crippen MR) is 127 cm³/mol. The molecule has 0 aliphatic carbocycles. The molecule has 0 radical (unpaired) electrons. The summed E-state index contributed by atoms with van der Waals surface area (Å²) in [5.74, 6) is -0.123. The lowest BCUT2D eigenvalue weighted by molar-refractivity contribution is -0.137. The molecule has 180 valence electrons. The van der Waals surface area contributed by atoms with E-state index in [1.165, 1.54) is 12.1 Å². The van der Waals surface area contributed by atoms with Crippen LogP contribution in [0.15, 0.2) is 72.8 Å². The standard InChI is InChI=1S/C26H23F3N4O2/c1-17-9-11-18(12-10-17)25(35)30-14-13-23-32-21-7-2-3-8-22(21)33(23)16-24(34)31-20-6-4-5-19(15-20)26(27,28)29/h2-12,15H,13-14,16H2,1H3,(H,30,35)(H,31,34). The van der Waals surface area contributed by atoms with E-state index in [9.17, 15) is 22.8 Å². The summed E-state index contributed by atoms with van der Waals surface area (Å²) in [5.41, 5.74) is 2.21. The van der Waals surface area contributed by atoms with Crippen LogP contribution in [0.2, 0.25) is 0 Å². The van der Waals surface area contributed by atoms with Crippen molar-refractivity contribution in [2.45, 2.75) is 26.1 Å². The Morgan fingerprint density at radius 3 is 2.46 bits per heavy atom. The number of fused-ring (bicyclic) bond motifs is 1. The summed E-state index contributed by atoms with van der Waals surface area (Å²) in [7, 11) is 0. The lowest BCUT2D eigenvalue weighted by atomic mass is 10.1. The smallest absolute Gasteiger partial charge is 0.352 e. The van der Waals surface area contributed by atoms with Crippen LogP contribution in [0.1, 0.15) is 27.3 Å². The van der Waals surface area contributed by atoms with E-state index in [4.69, 9.17) is 0 Å². The first-order chi connectivity index (χ1) is 16.7. The van der Waals surface area contributed by atoms with Gasteiger partial charge in [0, 0.05) is 24.2 Å². The second kappa shape index (κ2) is 10.0. The van der Waals surface area contributed by atoms with Gasteiger partial charge in [-0.1, -0.05) is 35.9 Å². The zero-order chi connectivity index (χ0) is 25.0. The van der Waals surface area contributed by atoms with Gasteiger partial charge in [-0.25, -0.2) is 4.98 Å². The summed E-state index contributed by atoms with van der Waals surface area (Å²) in [6.07, 6.45) is -4.14. The monoisotopic (exact) mass is 480 g/mol. The molecule has 2 N–H and O–H groups in total. The van der Waals surface area contributed by atoms with Gasteiger partial charge in [0.05, 0.1) is 16.6 Å². The highest BCUT2D eigenvalue weighted by atomic mass is 19.4. The van der Waals surface area contributed by atoms with E-state index < -0.39 is 17.6 Å². The Labute approximate surface area is 199 Å². The van der Waals surface area contributed by atoms with Gasteiger partial charge in [-0.3, -0.25) is 9.59 Å². The van der Waals surface area contributed by atoms with Gasteiger partial charge in [0.15, 0.2) is 0 Å². The molecule has 0 fully saturated rings. The first-order valence-electron chi connectivity index (χ1n) is 11.0. The van der Waals surface area contributed by atoms with Crippen molar-refractivity contribution in [3.05, 3.63) is 95.3 Å². The van der Waals surface area contributed by atoms with Crippen molar-refractivity contribution >= 4 is 28.5 Å². The van der Waals surface area contributed by atoms with Crippen LogP contribution in [0, 0.1) is 6.92 Å². The van der Waals surface area contributed by atoms with Crippen molar-refractivity contribution in [3.8, 4) is 0 Å². The van der Waals surface area contributed by atoms with Gasteiger partial charge >= 0.3 is 6.18 Å². The molecule has 2 amide bonds. The highest BCUT2D eigenvalue weighted by Crippen LogP contribution is 2.30. The van der Waals surface area contributed by atoms with Gasteiger partial charge in [-0.05, 0) is 49.4 Å². The highest BCUT2D eigenvalue weighted by Gasteiger charge is 2.30. The predicted octanol–water partition coefficient (Wildman–Crippen LogP) is 4.97. The van der Waals surface area contributed by atoms with Crippen molar-refractivity contribution in [3.63, 3.8) is 0 Å². The quantitative estimate of drug-likeness (QED) is 0.392. The number of halogens is 3. The molecule has 4 aromatic rings. The molecular weight excluding hydrogens is 457 g/mol. The molecule has 3 aromatic carbocycles. The molecule has 1 heterocycles. The Balaban J connectivity index is 1.47. The molecule has 6 nitrogen and oxygen atoms in total. The van der Waals surface area contributed by atoms with Crippen LogP contribution in [0.25, 0.3) is 11.0 Å². The number of imidazole rings is 1. The second-order valence-electron chi connectivity index (χ2n) is 8.10. The number of nitrogens with zero attached hydrogens (tertiary/aromatic N) is 2. The zero-order valence-corrected chi connectivity index (χ0v) is 18.9. The summed E-state index contributed by atoms with van der Waals surface area (Å²) in [6, 6.07) is 19.0. The molecule has 0 atom stereocenters. The average Bonchev–Trinajstić information content (AvgIpc) is 3.16. The van der Waals surface area contributed by atoms with E-state index in [1.54, 1.807) is 16.7 Å². The molecule has 1 aromatic heterocycles. The van der Waals surface area contributed by atoms with Crippen LogP contribution < -0.4 is 10.6 Å². The molecule has 4 rings (SSSR count). The summed E-state index contributed by atoms with van der Waals surface area (Å²) >= 11 is 0. The Morgan fingerprint density at radius 2 is 1.71 bits per heavy atom. The average molecular weight is 480 g/mol. The summed E-state index contributed by atoms with van der Waals surface area (Å²) in [4.78, 5) is 29.7. The van der Waals surface area contributed by atoms with E-state index in [-0.39, 0.29) is 18.1 Å². The number of aryl methyl sites for hydroxylation is 1. The number of nitrogens with one attached hydrogen (secondary N) is 2. The Bertz CT molecular complexity index is 1360. The third-order valence-electron chi connectivity index (χ3n) is 5.46. The normalized spacial score (nSPS) is 11.4. The molecule has 35 heavy (non-hydrogen) atoms. The minimum atomic E-state index is -4.50. The lowest BCUT2D eigenvalue weighted by Gasteiger charge is -2.12. The Kier molecular flexibility index (Phi) is 6.86. The third-order valence-corrected chi connectivity index (χ3v) is 5.46. The number of alkyl halides is 3. The number of amides is 2. The van der Waals surface area contributed by atoms with Gasteiger partial charge in [-0.15, -0.1) is 0 Å². The Morgan fingerprint density at radius 1 is 0.971 bits per heavy atom. The van der Waals surface area contributed by atoms with E-state index in [1.807, 2.05) is 43.3 Å². The second-order valence-corrected chi connectivity index (χ2v) is 8.10. The lowest BCUT2D eigenvalue weighted by Crippen LogP contribution is -2.27. The molecule has 0 unspecified atom stereocenters. The fraction of sp³-hybridized carbons (Fsp3) is 0.192. The topological polar surface area (TPSA) is 76.0 Å². The number of para-hydroxylation sites is 2. The van der Waals surface area contributed by atoms with Crippen molar-refractivity contribution in [1.29, 1.82) is 0 Å². The number of aromatic nitrogens is 2. The maximum Gasteiger partial charge on any atom is 0.416 e. The maximum atomic E-state index is 13.0. The SMILES string of the molecule is Cc1ccc(C(=O)NCCc2nc3ccccc3n2CC(=O)Nc2cccc(C(F)(F)F)c2)cc1. The number of anilines is 1. The van der Waals surface area contributed by atoms with E-state index in [2.05, 4.69) is 15.6 Å². The molecule has 0 saturated heterocycles. The van der Waals surface area contributed by atoms with Crippen LogP contribution in [0.5, 0.6) is 0 Å². The first kappa shape index (κ1) is 24.0. The van der Waals surface area contributed by atoms with Gasteiger partial charge < -0.3 is 15.2 Å². The molecule has 0 saturated carbocycles. The van der Waals surface area contributed by atoms with Crippen molar-refractivity contribution in [1.82, 2.24) is 14.9 Å². The van der Waals surface area contributed by atoms with E-state index >= 15 is 0 Å². The zero-order valence-electron chi connectivity index (χ0n) is 18.9. The van der Waals surface area contributed by atoms with Crippen LogP contribution >= 0.6 is 0 Å². The van der Waals surface area contributed by atoms with Crippen LogP contribution in [0.4, 0.5) is 18.9 Å². The first-order valence-corrected chi connectivity index (χ1v) is 11.0. The number of carbonyl (C=O) groups is 2. The molecule has 0 aliphatic rings. The van der Waals surface area contributed by atoms with Crippen LogP contribution in [0.3, 0.4) is 0 Å². The fourth-order valence-electron chi connectivity index (χ4n) is 3.70. The number of hydrogen-bond acceptors (Lipinski definition) is 3. The van der Waals surface area contributed by atoms with Crippen LogP contribution in [-0.2, 0) is 23.9 Å². The number of rotatable bonds is 7. The summed E-state index contributed by atoms with van der Waals surface area (Å²) in [6.45, 7) is 2.10. The van der Waals surface area contributed by atoms with Gasteiger partial charge in [-0.2, -0.15) is 13.2 Å². The minimum absolute atomic E-state index is 0.0566. The van der Waals surface area contributed by atoms with E-state index in [0.29, 0.717) is 35.4 Å². The highest BCUT2D eigenvalue weighted by molar-refractivity contribution is 5.94. The van der Waals surface area contributed by atoms with Gasteiger partial charge in [0.25, 0.3) is 5.91 Å². The van der Waals surface area contributed by atoms with E-state index in [0.717, 1.165) is 17.7 Å². The molecular formula is C26H23F3N4O2. The fourth-order valence-corrected chi connectivity index (χ4v) is 3.70. The van der Waals surface area contributed by atoms with Crippen LogP contribution in [-0.4, -0.2) is 27.9 Å².